The molecule has 12 heteroatoms. The lowest BCUT2D eigenvalue weighted by molar-refractivity contribution is -0.143. The number of hydrogen-bond acceptors (Lipinski definition) is 6. The molecule has 0 aliphatic heterocycles. The van der Waals surface area contributed by atoms with Gasteiger partial charge in [0.15, 0.2) is 16.5 Å². The van der Waals surface area contributed by atoms with E-state index in [0.29, 0.717) is 15.5 Å². The maximum absolute atomic E-state index is 14.1. The Labute approximate surface area is 189 Å². The average molecular weight is 476 g/mol. The Morgan fingerprint density at radius 2 is 1.85 bits per heavy atom. The summed E-state index contributed by atoms with van der Waals surface area (Å²) in [5, 5.41) is 6.34. The summed E-state index contributed by atoms with van der Waals surface area (Å²) in [6.45, 7) is 0. The zero-order chi connectivity index (χ0) is 23.8. The molecule has 4 aromatic rings. The number of rotatable bonds is 4. The molecule has 3 aromatic heterocycles. The van der Waals surface area contributed by atoms with Gasteiger partial charge in [-0.25, -0.2) is 14.5 Å². The highest BCUT2D eigenvalue weighted by Crippen LogP contribution is 2.38. The molecule has 0 fully saturated rings. The molecule has 1 amide bonds. The number of hydrogen-bond donors (Lipinski definition) is 1. The topological polar surface area (TPSA) is 99.0 Å². The summed E-state index contributed by atoms with van der Waals surface area (Å²) in [4.78, 5) is 32.3. The van der Waals surface area contributed by atoms with Crippen molar-refractivity contribution in [1.29, 1.82) is 0 Å². The van der Waals surface area contributed by atoms with E-state index < -0.39 is 34.5 Å². The van der Waals surface area contributed by atoms with Crippen LogP contribution in [0.3, 0.4) is 0 Å². The van der Waals surface area contributed by atoms with Gasteiger partial charge in [-0.05, 0) is 12.1 Å². The van der Waals surface area contributed by atoms with Gasteiger partial charge in [0.25, 0.3) is 5.91 Å². The number of fused-ring (bicyclic) bond motifs is 1. The first-order valence-electron chi connectivity index (χ1n) is 9.26. The largest absolute Gasteiger partial charge is 0.464 e. The number of halogens is 4. The molecule has 0 unspecified atom stereocenters. The first-order valence-corrected chi connectivity index (χ1v) is 9.64. The van der Waals surface area contributed by atoms with Crippen LogP contribution in [0.4, 0.5) is 19.0 Å². The van der Waals surface area contributed by atoms with Crippen LogP contribution in [0.25, 0.3) is 16.5 Å². The minimum absolute atomic E-state index is 0.00723. The Kier molecular flexibility index (Phi) is 5.73. The summed E-state index contributed by atoms with van der Waals surface area (Å²) in [6, 6.07) is 10.6. The van der Waals surface area contributed by atoms with Crippen molar-refractivity contribution in [3.63, 3.8) is 0 Å². The molecule has 0 bridgehead atoms. The molecule has 0 aliphatic carbocycles. The second-order valence-electron chi connectivity index (χ2n) is 6.66. The highest BCUT2D eigenvalue weighted by Gasteiger charge is 2.43. The quantitative estimate of drug-likeness (QED) is 0.435. The Hall–Kier alpha value is -3.99. The Morgan fingerprint density at radius 1 is 1.09 bits per heavy atom. The van der Waals surface area contributed by atoms with E-state index >= 15 is 0 Å². The maximum Gasteiger partial charge on any atom is 0.434 e. The van der Waals surface area contributed by atoms with Crippen molar-refractivity contribution in [2.75, 3.05) is 12.4 Å². The number of carbonyl (C=O) groups excluding carboxylic acids is 2. The van der Waals surface area contributed by atoms with E-state index in [2.05, 4.69) is 25.1 Å². The Morgan fingerprint density at radius 3 is 2.58 bits per heavy atom. The van der Waals surface area contributed by atoms with Crippen molar-refractivity contribution in [3.05, 3.63) is 77.0 Å². The lowest BCUT2D eigenvalue weighted by Gasteiger charge is -2.14. The highest BCUT2D eigenvalue weighted by atomic mass is 35.5. The predicted molar refractivity (Wildman–Crippen MR) is 112 cm³/mol. The number of anilines is 1. The van der Waals surface area contributed by atoms with Gasteiger partial charge in [0.1, 0.15) is 11.4 Å². The fourth-order valence-corrected chi connectivity index (χ4v) is 3.45. The van der Waals surface area contributed by atoms with Gasteiger partial charge in [-0.2, -0.15) is 18.3 Å². The van der Waals surface area contributed by atoms with E-state index in [1.807, 2.05) is 0 Å². The van der Waals surface area contributed by atoms with Gasteiger partial charge in [-0.15, -0.1) is 0 Å². The molecular formula is C21H13ClF3N5O3. The van der Waals surface area contributed by atoms with Crippen molar-refractivity contribution in [2.24, 2.45) is 0 Å². The van der Waals surface area contributed by atoms with Crippen LogP contribution >= 0.6 is 11.6 Å². The van der Waals surface area contributed by atoms with Crippen LogP contribution < -0.4 is 5.32 Å². The number of amides is 1. The third-order valence-corrected chi connectivity index (χ3v) is 4.86. The summed E-state index contributed by atoms with van der Waals surface area (Å²) in [7, 11) is 1.14. The van der Waals surface area contributed by atoms with Crippen LogP contribution in [0.1, 0.15) is 26.5 Å². The number of nitrogens with one attached hydrogen (secondary N) is 1. The van der Waals surface area contributed by atoms with Crippen LogP contribution in [0.2, 0.25) is 5.15 Å². The number of esters is 1. The van der Waals surface area contributed by atoms with Crippen molar-refractivity contribution in [2.45, 2.75) is 6.18 Å². The van der Waals surface area contributed by atoms with Crippen LogP contribution in [-0.4, -0.2) is 38.7 Å². The van der Waals surface area contributed by atoms with Crippen LogP contribution in [0.15, 0.2) is 54.9 Å². The summed E-state index contributed by atoms with van der Waals surface area (Å²) in [6.07, 6.45) is -2.31. The predicted octanol–water partition coefficient (Wildman–Crippen LogP) is 4.53. The number of benzene rings is 1. The van der Waals surface area contributed by atoms with Crippen molar-refractivity contribution >= 4 is 40.1 Å². The lowest BCUT2D eigenvalue weighted by atomic mass is 10.1. The zero-order valence-corrected chi connectivity index (χ0v) is 17.5. The lowest BCUT2D eigenvalue weighted by Crippen LogP contribution is -2.21. The molecule has 33 heavy (non-hydrogen) atoms. The Bertz CT molecular complexity index is 1380. The summed E-state index contributed by atoms with van der Waals surface area (Å²) in [5.74, 6) is -2.16. The Balaban J connectivity index is 1.83. The van der Waals surface area contributed by atoms with Crippen LogP contribution in [0, 0.1) is 0 Å². The minimum Gasteiger partial charge on any atom is -0.464 e. The molecule has 3 heterocycles. The third kappa shape index (κ3) is 4.22. The van der Waals surface area contributed by atoms with Crippen LogP contribution in [0.5, 0.6) is 0 Å². The number of methoxy groups -OCH3 is 1. The summed E-state index contributed by atoms with van der Waals surface area (Å²) >= 11 is 6.01. The van der Waals surface area contributed by atoms with E-state index in [4.69, 9.17) is 11.6 Å². The second kappa shape index (κ2) is 8.51. The normalized spacial score (nSPS) is 11.4. The van der Waals surface area contributed by atoms with E-state index in [9.17, 15) is 22.8 Å². The number of alkyl halides is 3. The highest BCUT2D eigenvalue weighted by molar-refractivity contribution is 6.33. The molecule has 168 valence electrons. The fourth-order valence-electron chi connectivity index (χ4n) is 3.20. The minimum atomic E-state index is -4.99. The molecular weight excluding hydrogens is 463 g/mol. The first-order chi connectivity index (χ1) is 15.7. The van der Waals surface area contributed by atoms with E-state index in [-0.39, 0.29) is 17.2 Å². The number of nitrogens with zero attached hydrogens (tertiary/aromatic N) is 4. The zero-order valence-electron chi connectivity index (χ0n) is 16.7. The third-order valence-electron chi connectivity index (χ3n) is 4.60. The number of aromatic nitrogens is 4. The SMILES string of the molecule is COC(=O)c1cccc(NC(=O)c2c(Cl)nn(-c3cncc4ccccc34)c2C(F)(F)F)n1. The molecule has 8 nitrogen and oxygen atoms in total. The maximum atomic E-state index is 14.1. The van der Waals surface area contributed by atoms with Crippen molar-refractivity contribution < 1.29 is 27.5 Å². The van der Waals surface area contributed by atoms with Crippen LogP contribution in [-0.2, 0) is 10.9 Å². The first kappa shape index (κ1) is 22.2. The van der Waals surface area contributed by atoms with Gasteiger partial charge in [-0.1, -0.05) is 41.9 Å². The molecule has 1 aromatic carbocycles. The number of carbonyl (C=O) groups is 2. The smallest absolute Gasteiger partial charge is 0.434 e. The van der Waals surface area contributed by atoms with E-state index in [1.165, 1.54) is 30.6 Å². The van der Waals surface area contributed by atoms with E-state index in [1.54, 1.807) is 24.3 Å². The van der Waals surface area contributed by atoms with Gasteiger partial charge in [-0.3, -0.25) is 9.78 Å². The second-order valence-corrected chi connectivity index (χ2v) is 7.02. The summed E-state index contributed by atoms with van der Waals surface area (Å²) < 4.78 is 47.5. The molecule has 0 aliphatic rings. The molecule has 1 N–H and O–H groups in total. The molecule has 0 saturated heterocycles. The average Bonchev–Trinajstić information content (AvgIpc) is 3.16. The van der Waals surface area contributed by atoms with Gasteiger partial charge >= 0.3 is 12.1 Å². The molecule has 0 spiro atoms. The summed E-state index contributed by atoms with van der Waals surface area (Å²) in [5.41, 5.74) is -2.43. The monoisotopic (exact) mass is 475 g/mol. The number of pyridine rings is 2. The van der Waals surface area contributed by atoms with Gasteiger partial charge in [0.2, 0.25) is 0 Å². The standard InChI is InChI=1S/C21H13ClF3N5O3/c1-33-20(32)13-7-4-8-15(27-13)28-19(31)16-17(21(23,24)25)30(29-18(16)22)14-10-26-9-11-5-2-3-6-12(11)14/h2-10H,1H3,(H,27,28,31). The molecule has 0 saturated carbocycles. The van der Waals surface area contributed by atoms with Crippen molar-refractivity contribution in [3.8, 4) is 5.69 Å². The number of ether oxygens (including phenoxy) is 1. The fraction of sp³-hybridized carbons (Fsp3) is 0.0952. The van der Waals surface area contributed by atoms with Gasteiger partial charge < -0.3 is 10.1 Å². The molecule has 0 radical (unpaired) electrons. The van der Waals surface area contributed by atoms with Gasteiger partial charge in [0.05, 0.1) is 19.0 Å². The molecule has 4 rings (SSSR count). The molecule has 0 atom stereocenters. The van der Waals surface area contributed by atoms with E-state index in [0.717, 1.165) is 7.11 Å². The van der Waals surface area contributed by atoms with Crippen molar-refractivity contribution in [1.82, 2.24) is 19.7 Å². The van der Waals surface area contributed by atoms with Gasteiger partial charge in [0, 0.05) is 17.0 Å².